The van der Waals surface area contributed by atoms with Crippen LogP contribution in [-0.4, -0.2) is 13.1 Å². The van der Waals surface area contributed by atoms with Gasteiger partial charge in [-0.05, 0) is 43.4 Å². The third-order valence-electron chi connectivity index (χ3n) is 4.07. The van der Waals surface area contributed by atoms with Crippen LogP contribution in [0.15, 0.2) is 18.2 Å². The molecule has 1 aliphatic rings. The lowest BCUT2D eigenvalue weighted by molar-refractivity contribution is 0.435. The summed E-state index contributed by atoms with van der Waals surface area (Å²) in [6.07, 6.45) is 6.51. The van der Waals surface area contributed by atoms with Gasteiger partial charge in [0.1, 0.15) is 6.07 Å². The Hall–Kier alpha value is -1.69. The van der Waals surface area contributed by atoms with E-state index in [2.05, 4.69) is 17.9 Å². The summed E-state index contributed by atoms with van der Waals surface area (Å²) in [5.41, 5.74) is 8.23. The van der Waals surface area contributed by atoms with Crippen molar-refractivity contribution in [1.29, 1.82) is 5.26 Å². The molecule has 2 rings (SSSR count). The third kappa shape index (κ3) is 3.41. The number of benzene rings is 1. The molecule has 102 valence electrons. The second-order valence-electron chi connectivity index (χ2n) is 5.46. The molecule has 3 heteroatoms. The Morgan fingerprint density at radius 1 is 1.37 bits per heavy atom. The molecule has 0 saturated carbocycles. The second kappa shape index (κ2) is 6.47. The highest BCUT2D eigenvalue weighted by Crippen LogP contribution is 2.27. The zero-order valence-corrected chi connectivity index (χ0v) is 11.7. The minimum absolute atomic E-state index is 0.572. The quantitative estimate of drug-likeness (QED) is 0.842. The zero-order valence-electron chi connectivity index (χ0n) is 11.7. The molecule has 1 atom stereocenters. The minimum atomic E-state index is 0.572. The van der Waals surface area contributed by atoms with Crippen LogP contribution >= 0.6 is 0 Å². The molecule has 0 aromatic heterocycles. The Labute approximate surface area is 116 Å². The number of nitrogens with zero attached hydrogens (tertiary/aromatic N) is 2. The van der Waals surface area contributed by atoms with Crippen LogP contribution in [0.5, 0.6) is 0 Å². The Morgan fingerprint density at radius 3 is 2.89 bits per heavy atom. The van der Waals surface area contributed by atoms with Crippen molar-refractivity contribution in [2.24, 2.45) is 5.92 Å². The number of rotatable bonds is 3. The first kappa shape index (κ1) is 13.7. The topological polar surface area (TPSA) is 53.0 Å². The molecule has 1 aromatic rings. The van der Waals surface area contributed by atoms with Gasteiger partial charge in [0.25, 0.3) is 0 Å². The van der Waals surface area contributed by atoms with Gasteiger partial charge in [0, 0.05) is 18.8 Å². The first-order valence-electron chi connectivity index (χ1n) is 7.29. The average molecular weight is 257 g/mol. The maximum atomic E-state index is 8.91. The fraction of sp³-hybridized carbons (Fsp3) is 0.562. The molecular formula is C16H23N3. The lowest BCUT2D eigenvalue weighted by Crippen LogP contribution is -2.24. The van der Waals surface area contributed by atoms with Gasteiger partial charge in [-0.3, -0.25) is 0 Å². The number of hydrogen-bond acceptors (Lipinski definition) is 3. The predicted molar refractivity (Wildman–Crippen MR) is 80.0 cm³/mol. The Morgan fingerprint density at radius 2 is 2.21 bits per heavy atom. The van der Waals surface area contributed by atoms with Gasteiger partial charge in [0.2, 0.25) is 0 Å². The lowest BCUT2D eigenvalue weighted by Gasteiger charge is -2.23. The predicted octanol–water partition coefficient (Wildman–Crippen LogP) is 3.55. The monoisotopic (exact) mass is 257 g/mol. The number of hydrogen-bond donors (Lipinski definition) is 1. The molecule has 1 fully saturated rings. The van der Waals surface area contributed by atoms with Crippen LogP contribution in [0, 0.1) is 17.2 Å². The Kier molecular flexibility index (Phi) is 4.68. The molecule has 1 saturated heterocycles. The van der Waals surface area contributed by atoms with Crippen LogP contribution in [0.2, 0.25) is 0 Å². The summed E-state index contributed by atoms with van der Waals surface area (Å²) >= 11 is 0. The summed E-state index contributed by atoms with van der Waals surface area (Å²) in [5.74, 6) is 0.880. The van der Waals surface area contributed by atoms with Crippen molar-refractivity contribution in [3.8, 4) is 6.07 Å². The molecule has 19 heavy (non-hydrogen) atoms. The third-order valence-corrected chi connectivity index (χ3v) is 4.07. The van der Waals surface area contributed by atoms with Gasteiger partial charge in [-0.2, -0.15) is 5.26 Å². The molecule has 0 spiro atoms. The smallest absolute Gasteiger partial charge is 0.101 e. The van der Waals surface area contributed by atoms with E-state index in [0.717, 1.165) is 24.7 Å². The fourth-order valence-corrected chi connectivity index (χ4v) is 2.97. The molecular weight excluding hydrogens is 234 g/mol. The summed E-state index contributed by atoms with van der Waals surface area (Å²) in [6.45, 7) is 4.48. The number of nitrogens with two attached hydrogens (primary N) is 1. The van der Waals surface area contributed by atoms with Crippen LogP contribution in [-0.2, 0) is 0 Å². The van der Waals surface area contributed by atoms with Gasteiger partial charge >= 0.3 is 0 Å². The highest BCUT2D eigenvalue weighted by atomic mass is 15.1. The zero-order chi connectivity index (χ0) is 13.7. The van der Waals surface area contributed by atoms with E-state index in [-0.39, 0.29) is 0 Å². The first-order chi connectivity index (χ1) is 9.24. The van der Waals surface area contributed by atoms with E-state index in [9.17, 15) is 0 Å². The van der Waals surface area contributed by atoms with Crippen molar-refractivity contribution < 1.29 is 0 Å². The van der Waals surface area contributed by atoms with Crippen molar-refractivity contribution >= 4 is 11.4 Å². The first-order valence-corrected chi connectivity index (χ1v) is 7.29. The molecule has 2 N–H and O–H groups in total. The van der Waals surface area contributed by atoms with Gasteiger partial charge in [-0.1, -0.05) is 19.8 Å². The van der Waals surface area contributed by atoms with Crippen molar-refractivity contribution in [2.45, 2.75) is 39.0 Å². The summed E-state index contributed by atoms with van der Waals surface area (Å²) in [4.78, 5) is 2.41. The maximum absolute atomic E-state index is 8.91. The van der Waals surface area contributed by atoms with Gasteiger partial charge in [-0.25, -0.2) is 0 Å². The van der Waals surface area contributed by atoms with E-state index >= 15 is 0 Å². The summed E-state index contributed by atoms with van der Waals surface area (Å²) < 4.78 is 0. The van der Waals surface area contributed by atoms with Crippen LogP contribution in [0.25, 0.3) is 0 Å². The largest absolute Gasteiger partial charge is 0.398 e. The van der Waals surface area contributed by atoms with Crippen molar-refractivity contribution in [1.82, 2.24) is 0 Å². The highest BCUT2D eigenvalue weighted by molar-refractivity contribution is 5.63. The van der Waals surface area contributed by atoms with E-state index in [0.29, 0.717) is 11.3 Å². The van der Waals surface area contributed by atoms with Crippen LogP contribution in [0.4, 0.5) is 11.4 Å². The van der Waals surface area contributed by atoms with Crippen molar-refractivity contribution in [3.63, 3.8) is 0 Å². The average Bonchev–Trinajstić information content (AvgIpc) is 2.65. The fourth-order valence-electron chi connectivity index (χ4n) is 2.97. The van der Waals surface area contributed by atoms with Gasteiger partial charge < -0.3 is 10.6 Å². The molecule has 3 nitrogen and oxygen atoms in total. The van der Waals surface area contributed by atoms with Gasteiger partial charge in [-0.15, -0.1) is 0 Å². The molecule has 0 bridgehead atoms. The molecule has 0 amide bonds. The van der Waals surface area contributed by atoms with E-state index in [4.69, 9.17) is 11.0 Å². The number of nitrogen functional groups attached to an aromatic ring is 1. The van der Waals surface area contributed by atoms with Crippen molar-refractivity contribution in [3.05, 3.63) is 23.8 Å². The number of nitriles is 1. The normalized spacial score (nSPS) is 19.8. The molecule has 0 radical (unpaired) electrons. The molecule has 1 heterocycles. The molecule has 1 aliphatic heterocycles. The lowest BCUT2D eigenvalue weighted by atomic mass is 9.96. The SMILES string of the molecule is CCCC1CCCN(c2ccc(C#N)c(N)c2)CC1. The van der Waals surface area contributed by atoms with Gasteiger partial charge in [0.15, 0.2) is 0 Å². The Bertz CT molecular complexity index is 462. The van der Waals surface area contributed by atoms with Crippen molar-refractivity contribution in [2.75, 3.05) is 23.7 Å². The number of anilines is 2. The minimum Gasteiger partial charge on any atom is -0.398 e. The summed E-state index contributed by atoms with van der Waals surface area (Å²) in [6, 6.07) is 7.92. The summed E-state index contributed by atoms with van der Waals surface area (Å²) in [7, 11) is 0. The van der Waals surface area contributed by atoms with Crippen LogP contribution < -0.4 is 10.6 Å². The highest BCUT2D eigenvalue weighted by Gasteiger charge is 2.17. The van der Waals surface area contributed by atoms with E-state index in [1.165, 1.54) is 32.1 Å². The molecule has 0 aliphatic carbocycles. The standard InChI is InChI=1S/C16H23N3/c1-2-4-13-5-3-9-19(10-8-13)15-7-6-14(12-17)16(18)11-15/h6-7,11,13H,2-5,8-10,18H2,1H3. The molecule has 1 aromatic carbocycles. The summed E-state index contributed by atoms with van der Waals surface area (Å²) in [5, 5.41) is 8.91. The van der Waals surface area contributed by atoms with Crippen LogP contribution in [0.3, 0.4) is 0 Å². The van der Waals surface area contributed by atoms with Crippen LogP contribution in [0.1, 0.15) is 44.6 Å². The van der Waals surface area contributed by atoms with E-state index in [1.54, 1.807) is 0 Å². The second-order valence-corrected chi connectivity index (χ2v) is 5.46. The van der Waals surface area contributed by atoms with Gasteiger partial charge in [0.05, 0.1) is 11.3 Å². The Balaban J connectivity index is 2.06. The molecule has 1 unspecified atom stereocenters. The van der Waals surface area contributed by atoms with E-state index < -0.39 is 0 Å². The van der Waals surface area contributed by atoms with E-state index in [1.807, 2.05) is 18.2 Å². The maximum Gasteiger partial charge on any atom is 0.101 e.